The SMILES string of the molecule is C=CCn1c(=O)c(=O)n(CCC(=O)NCc2ccc(CC)cc2)c2ccccc21. The first-order chi connectivity index (χ1) is 14.0. The van der Waals surface area contributed by atoms with Gasteiger partial charge in [0.2, 0.25) is 5.91 Å². The largest absolute Gasteiger partial charge is 0.352 e. The number of rotatable bonds is 8. The van der Waals surface area contributed by atoms with E-state index in [-0.39, 0.29) is 25.4 Å². The van der Waals surface area contributed by atoms with Crippen molar-refractivity contribution in [3.05, 3.63) is 93.0 Å². The number of nitrogens with zero attached hydrogens (tertiary/aromatic N) is 2. The van der Waals surface area contributed by atoms with Crippen molar-refractivity contribution in [2.75, 3.05) is 0 Å². The van der Waals surface area contributed by atoms with E-state index < -0.39 is 11.1 Å². The summed E-state index contributed by atoms with van der Waals surface area (Å²) in [5.41, 5.74) is 2.30. The van der Waals surface area contributed by atoms with Crippen molar-refractivity contribution < 1.29 is 4.79 Å². The van der Waals surface area contributed by atoms with Crippen molar-refractivity contribution in [3.63, 3.8) is 0 Å². The fraction of sp³-hybridized carbons (Fsp3) is 0.261. The van der Waals surface area contributed by atoms with E-state index in [0.29, 0.717) is 17.6 Å². The monoisotopic (exact) mass is 391 g/mol. The molecule has 0 aliphatic rings. The van der Waals surface area contributed by atoms with E-state index in [1.54, 1.807) is 24.3 Å². The second-order valence-corrected chi connectivity index (χ2v) is 6.85. The van der Waals surface area contributed by atoms with Gasteiger partial charge in [0.1, 0.15) is 0 Å². The van der Waals surface area contributed by atoms with Crippen molar-refractivity contribution >= 4 is 16.9 Å². The zero-order valence-corrected chi connectivity index (χ0v) is 16.6. The van der Waals surface area contributed by atoms with E-state index in [1.165, 1.54) is 14.7 Å². The molecule has 1 N–H and O–H groups in total. The van der Waals surface area contributed by atoms with Crippen LogP contribution >= 0.6 is 0 Å². The second-order valence-electron chi connectivity index (χ2n) is 6.85. The highest BCUT2D eigenvalue weighted by Gasteiger charge is 2.13. The van der Waals surface area contributed by atoms with Gasteiger partial charge in [0.15, 0.2) is 0 Å². The van der Waals surface area contributed by atoms with Crippen molar-refractivity contribution in [2.24, 2.45) is 0 Å². The third-order valence-electron chi connectivity index (χ3n) is 4.93. The number of hydrogen-bond acceptors (Lipinski definition) is 3. The van der Waals surface area contributed by atoms with Crippen LogP contribution in [0, 0.1) is 0 Å². The van der Waals surface area contributed by atoms with Crippen LogP contribution in [-0.2, 0) is 30.8 Å². The average molecular weight is 391 g/mol. The molecule has 150 valence electrons. The molecule has 3 aromatic rings. The minimum Gasteiger partial charge on any atom is -0.352 e. The van der Waals surface area contributed by atoms with Gasteiger partial charge >= 0.3 is 11.1 Å². The standard InChI is InChI=1S/C23H25N3O3/c1-3-14-25-19-7-5-6-8-20(19)26(23(29)22(25)28)15-13-21(27)24-16-18-11-9-17(4-2)10-12-18/h3,5-12H,1,4,13-16H2,2H3,(H,24,27). The van der Waals surface area contributed by atoms with Gasteiger partial charge in [-0.15, -0.1) is 6.58 Å². The number of allylic oxidation sites excluding steroid dienone is 1. The van der Waals surface area contributed by atoms with Crippen LogP contribution in [0.25, 0.3) is 11.0 Å². The summed E-state index contributed by atoms with van der Waals surface area (Å²) in [7, 11) is 0. The van der Waals surface area contributed by atoms with Gasteiger partial charge in [-0.2, -0.15) is 0 Å². The minimum absolute atomic E-state index is 0.113. The smallest absolute Gasteiger partial charge is 0.317 e. The molecule has 0 aliphatic heterocycles. The normalized spacial score (nSPS) is 10.8. The van der Waals surface area contributed by atoms with Crippen LogP contribution in [0.4, 0.5) is 0 Å². The number of carbonyl (C=O) groups is 1. The Morgan fingerprint density at radius 1 is 0.966 bits per heavy atom. The lowest BCUT2D eigenvalue weighted by atomic mass is 10.1. The molecule has 6 heteroatoms. The molecule has 1 heterocycles. The van der Waals surface area contributed by atoms with Crippen LogP contribution < -0.4 is 16.4 Å². The maximum absolute atomic E-state index is 12.6. The zero-order chi connectivity index (χ0) is 20.8. The second kappa shape index (κ2) is 9.19. The van der Waals surface area contributed by atoms with Crippen molar-refractivity contribution in [1.29, 1.82) is 0 Å². The van der Waals surface area contributed by atoms with E-state index in [2.05, 4.69) is 18.8 Å². The van der Waals surface area contributed by atoms with Crippen LogP contribution in [-0.4, -0.2) is 15.0 Å². The maximum atomic E-state index is 12.6. The number of para-hydroxylation sites is 2. The maximum Gasteiger partial charge on any atom is 0.317 e. The molecule has 0 spiro atoms. The first kappa shape index (κ1) is 20.3. The summed E-state index contributed by atoms with van der Waals surface area (Å²) in [4.78, 5) is 37.4. The van der Waals surface area contributed by atoms with Gasteiger partial charge < -0.3 is 9.88 Å². The van der Waals surface area contributed by atoms with Crippen LogP contribution in [0.2, 0.25) is 0 Å². The zero-order valence-electron chi connectivity index (χ0n) is 16.6. The number of benzene rings is 2. The van der Waals surface area contributed by atoms with Crippen molar-refractivity contribution in [2.45, 2.75) is 39.4 Å². The quantitative estimate of drug-likeness (QED) is 0.474. The Bertz CT molecular complexity index is 1140. The molecule has 29 heavy (non-hydrogen) atoms. The molecule has 6 nitrogen and oxygen atoms in total. The van der Waals surface area contributed by atoms with Gasteiger partial charge in [-0.1, -0.05) is 49.4 Å². The van der Waals surface area contributed by atoms with E-state index >= 15 is 0 Å². The molecule has 0 saturated carbocycles. The van der Waals surface area contributed by atoms with Gasteiger partial charge in [-0.25, -0.2) is 0 Å². The molecule has 0 fully saturated rings. The fourth-order valence-corrected chi connectivity index (χ4v) is 3.30. The Morgan fingerprint density at radius 2 is 1.55 bits per heavy atom. The highest BCUT2D eigenvalue weighted by atomic mass is 16.2. The van der Waals surface area contributed by atoms with Crippen LogP contribution in [0.5, 0.6) is 0 Å². The molecule has 0 unspecified atom stereocenters. The predicted molar refractivity (Wildman–Crippen MR) is 115 cm³/mol. The van der Waals surface area contributed by atoms with Gasteiger partial charge in [0, 0.05) is 26.1 Å². The predicted octanol–water partition coefficient (Wildman–Crippen LogP) is 2.62. The van der Waals surface area contributed by atoms with Crippen LogP contribution in [0.1, 0.15) is 24.5 Å². The van der Waals surface area contributed by atoms with Gasteiger partial charge in [0.05, 0.1) is 11.0 Å². The lowest BCUT2D eigenvalue weighted by molar-refractivity contribution is -0.121. The van der Waals surface area contributed by atoms with Crippen molar-refractivity contribution in [3.8, 4) is 0 Å². The minimum atomic E-state index is -0.631. The van der Waals surface area contributed by atoms with E-state index in [9.17, 15) is 14.4 Å². The molecule has 0 radical (unpaired) electrons. The van der Waals surface area contributed by atoms with Crippen LogP contribution in [0.3, 0.4) is 0 Å². The summed E-state index contributed by atoms with van der Waals surface area (Å²) in [6.07, 6.45) is 2.67. The fourth-order valence-electron chi connectivity index (χ4n) is 3.30. The van der Waals surface area contributed by atoms with Gasteiger partial charge in [-0.05, 0) is 29.7 Å². The van der Waals surface area contributed by atoms with E-state index in [4.69, 9.17) is 0 Å². The highest BCUT2D eigenvalue weighted by Crippen LogP contribution is 2.11. The van der Waals surface area contributed by atoms with Crippen molar-refractivity contribution in [1.82, 2.24) is 14.5 Å². The molecule has 2 aromatic carbocycles. The lowest BCUT2D eigenvalue weighted by Crippen LogP contribution is -2.42. The number of amides is 1. The molecule has 1 aromatic heterocycles. The average Bonchev–Trinajstić information content (AvgIpc) is 2.75. The Labute approximate surface area is 169 Å². The molecule has 0 atom stereocenters. The number of fused-ring (bicyclic) bond motifs is 1. The summed E-state index contributed by atoms with van der Waals surface area (Å²) >= 11 is 0. The molecular formula is C23H25N3O3. The highest BCUT2D eigenvalue weighted by molar-refractivity contribution is 5.77. The molecule has 1 amide bonds. The Kier molecular flexibility index (Phi) is 6.44. The molecule has 0 saturated heterocycles. The van der Waals surface area contributed by atoms with Gasteiger partial charge in [0.25, 0.3) is 0 Å². The van der Waals surface area contributed by atoms with E-state index in [0.717, 1.165) is 12.0 Å². The molecule has 0 aliphatic carbocycles. The lowest BCUT2D eigenvalue weighted by Gasteiger charge is -2.14. The van der Waals surface area contributed by atoms with Crippen LogP contribution in [0.15, 0.2) is 70.8 Å². The number of aromatic nitrogens is 2. The molecule has 3 rings (SSSR count). The third-order valence-corrected chi connectivity index (χ3v) is 4.93. The third kappa shape index (κ3) is 4.54. The first-order valence-corrected chi connectivity index (χ1v) is 9.73. The summed E-state index contributed by atoms with van der Waals surface area (Å²) in [5.74, 6) is -0.171. The molecular weight excluding hydrogens is 366 g/mol. The summed E-state index contributed by atoms with van der Waals surface area (Å²) in [6.45, 7) is 6.57. The summed E-state index contributed by atoms with van der Waals surface area (Å²) in [6, 6.07) is 15.3. The number of hydrogen-bond donors (Lipinski definition) is 1. The number of carbonyl (C=O) groups excluding carboxylic acids is 1. The van der Waals surface area contributed by atoms with E-state index in [1.807, 2.05) is 30.3 Å². The molecule has 0 bridgehead atoms. The Morgan fingerprint density at radius 3 is 2.17 bits per heavy atom. The first-order valence-electron chi connectivity index (χ1n) is 9.73. The number of nitrogens with one attached hydrogen (secondary N) is 1. The summed E-state index contributed by atoms with van der Waals surface area (Å²) < 4.78 is 2.79. The van der Waals surface area contributed by atoms with Gasteiger partial charge in [-0.3, -0.25) is 19.0 Å². The Balaban J connectivity index is 1.74. The topological polar surface area (TPSA) is 73.1 Å². The number of aryl methyl sites for hydroxylation is 2. The Hall–Kier alpha value is -3.41. The summed E-state index contributed by atoms with van der Waals surface area (Å²) in [5, 5.41) is 2.87.